The van der Waals surface area contributed by atoms with E-state index in [1.165, 1.54) is 26.8 Å². The molecule has 5 heteroatoms. The molecule has 5 nitrogen and oxygen atoms in total. The van der Waals surface area contributed by atoms with Gasteiger partial charge in [0.05, 0.1) is 11.0 Å². The Bertz CT molecular complexity index is 1000. The van der Waals surface area contributed by atoms with Crippen LogP contribution < -0.4 is 11.0 Å². The molecule has 0 unspecified atom stereocenters. The Hall–Kier alpha value is -2.82. The number of imidazole rings is 1. The number of carbonyl (C=O) groups excluding carboxylic acids is 1. The molecule has 0 radical (unpaired) electrons. The lowest BCUT2D eigenvalue weighted by atomic mass is 9.97. The lowest BCUT2D eigenvalue weighted by molar-refractivity contribution is -0.121. The van der Waals surface area contributed by atoms with Crippen molar-refractivity contribution in [1.29, 1.82) is 0 Å². The van der Waals surface area contributed by atoms with Crippen LogP contribution >= 0.6 is 0 Å². The van der Waals surface area contributed by atoms with Crippen LogP contribution in [0.4, 0.5) is 0 Å². The molecule has 1 heterocycles. The van der Waals surface area contributed by atoms with Gasteiger partial charge in [-0.3, -0.25) is 13.9 Å². The standard InChI is InChI=1S/C21H25N3O2/c1-14-11-15(2)17(16(3)12-14)9-10-22-20(25)13-24-19-8-6-5-7-18(19)23(4)21(24)26/h5-8,11-12H,9-10,13H2,1-4H3,(H,22,25). The maximum absolute atomic E-state index is 12.4. The van der Waals surface area contributed by atoms with Crippen LogP contribution in [0.25, 0.3) is 11.0 Å². The lowest BCUT2D eigenvalue weighted by Crippen LogP contribution is -2.33. The Morgan fingerprint density at radius 1 is 1.04 bits per heavy atom. The van der Waals surface area contributed by atoms with Gasteiger partial charge in [0, 0.05) is 13.6 Å². The molecule has 3 aromatic rings. The largest absolute Gasteiger partial charge is 0.354 e. The fraction of sp³-hybridized carbons (Fsp3) is 0.333. The fourth-order valence-corrected chi connectivity index (χ4v) is 3.65. The Morgan fingerprint density at radius 2 is 1.65 bits per heavy atom. The Morgan fingerprint density at radius 3 is 2.31 bits per heavy atom. The summed E-state index contributed by atoms with van der Waals surface area (Å²) in [6.07, 6.45) is 0.786. The van der Waals surface area contributed by atoms with Crippen molar-refractivity contribution in [2.24, 2.45) is 7.05 Å². The topological polar surface area (TPSA) is 56.0 Å². The van der Waals surface area contributed by atoms with Crippen LogP contribution in [0.2, 0.25) is 0 Å². The van der Waals surface area contributed by atoms with Crippen LogP contribution in [0.15, 0.2) is 41.2 Å². The molecule has 0 spiro atoms. The zero-order chi connectivity index (χ0) is 18.8. The molecule has 1 N–H and O–H groups in total. The molecule has 0 aliphatic rings. The number of fused-ring (bicyclic) bond motifs is 1. The van der Waals surface area contributed by atoms with E-state index in [-0.39, 0.29) is 18.1 Å². The minimum atomic E-state index is -0.174. The molecule has 3 rings (SSSR count). The number of carbonyl (C=O) groups is 1. The van der Waals surface area contributed by atoms with Crippen LogP contribution in [-0.2, 0) is 24.8 Å². The average molecular weight is 351 g/mol. The second-order valence-corrected chi connectivity index (χ2v) is 6.89. The number of rotatable bonds is 5. The van der Waals surface area contributed by atoms with Gasteiger partial charge in [-0.2, -0.15) is 0 Å². The highest BCUT2D eigenvalue weighted by Crippen LogP contribution is 2.16. The first-order chi connectivity index (χ1) is 12.4. The predicted octanol–water partition coefficient (Wildman–Crippen LogP) is 2.62. The van der Waals surface area contributed by atoms with Gasteiger partial charge in [-0.1, -0.05) is 29.8 Å². The molecule has 1 aromatic heterocycles. The van der Waals surface area contributed by atoms with E-state index < -0.39 is 0 Å². The SMILES string of the molecule is Cc1cc(C)c(CCNC(=O)Cn2c(=O)n(C)c3ccccc32)c(C)c1. The zero-order valence-electron chi connectivity index (χ0n) is 15.8. The molecule has 0 bridgehead atoms. The van der Waals surface area contributed by atoms with Crippen molar-refractivity contribution in [3.05, 3.63) is 69.1 Å². The van der Waals surface area contributed by atoms with Gasteiger partial charge < -0.3 is 5.32 Å². The number of hydrogen-bond donors (Lipinski definition) is 1. The van der Waals surface area contributed by atoms with Gasteiger partial charge in [0.2, 0.25) is 5.91 Å². The summed E-state index contributed by atoms with van der Waals surface area (Å²) in [4.78, 5) is 24.7. The number of aromatic nitrogens is 2. The van der Waals surface area contributed by atoms with Crippen LogP contribution in [0.5, 0.6) is 0 Å². The van der Waals surface area contributed by atoms with E-state index in [1.807, 2.05) is 24.3 Å². The summed E-state index contributed by atoms with van der Waals surface area (Å²) in [6.45, 7) is 6.89. The van der Waals surface area contributed by atoms with Crippen LogP contribution in [0.3, 0.4) is 0 Å². The number of nitrogens with zero attached hydrogens (tertiary/aromatic N) is 2. The molecular formula is C21H25N3O2. The molecule has 0 aliphatic heterocycles. The molecule has 136 valence electrons. The molecule has 26 heavy (non-hydrogen) atoms. The van der Waals surface area contributed by atoms with E-state index in [9.17, 15) is 9.59 Å². The minimum absolute atomic E-state index is 0.0338. The van der Waals surface area contributed by atoms with E-state index >= 15 is 0 Å². The third-order valence-electron chi connectivity index (χ3n) is 4.89. The highest BCUT2D eigenvalue weighted by Gasteiger charge is 2.13. The summed E-state index contributed by atoms with van der Waals surface area (Å²) in [5.41, 5.74) is 6.47. The number of hydrogen-bond acceptors (Lipinski definition) is 2. The van der Waals surface area contributed by atoms with E-state index in [4.69, 9.17) is 0 Å². The Labute approximate surface area is 153 Å². The van der Waals surface area contributed by atoms with Gasteiger partial charge in [0.25, 0.3) is 0 Å². The first-order valence-electron chi connectivity index (χ1n) is 8.86. The van der Waals surface area contributed by atoms with Crippen molar-refractivity contribution < 1.29 is 4.79 Å². The normalized spacial score (nSPS) is 11.1. The van der Waals surface area contributed by atoms with Gasteiger partial charge in [-0.05, 0) is 56.0 Å². The van der Waals surface area contributed by atoms with Crippen molar-refractivity contribution >= 4 is 16.9 Å². The molecule has 0 aliphatic carbocycles. The van der Waals surface area contributed by atoms with Crippen LogP contribution in [0.1, 0.15) is 22.3 Å². The van der Waals surface area contributed by atoms with E-state index in [2.05, 4.69) is 38.2 Å². The minimum Gasteiger partial charge on any atom is -0.354 e. The molecular weight excluding hydrogens is 326 g/mol. The van der Waals surface area contributed by atoms with Crippen molar-refractivity contribution in [2.75, 3.05) is 6.54 Å². The summed E-state index contributed by atoms with van der Waals surface area (Å²) in [5.74, 6) is -0.147. The summed E-state index contributed by atoms with van der Waals surface area (Å²) in [5, 5.41) is 2.94. The van der Waals surface area contributed by atoms with E-state index in [1.54, 1.807) is 11.6 Å². The van der Waals surface area contributed by atoms with Crippen LogP contribution in [0, 0.1) is 20.8 Å². The third-order valence-corrected chi connectivity index (χ3v) is 4.89. The van der Waals surface area contributed by atoms with Gasteiger partial charge in [0.1, 0.15) is 6.54 Å². The Balaban J connectivity index is 1.68. The quantitative estimate of drug-likeness (QED) is 0.768. The fourth-order valence-electron chi connectivity index (χ4n) is 3.65. The first kappa shape index (κ1) is 18.0. The van der Waals surface area contributed by atoms with E-state index in [0.29, 0.717) is 6.54 Å². The molecule has 0 fully saturated rings. The molecule has 0 saturated heterocycles. The van der Waals surface area contributed by atoms with Crippen molar-refractivity contribution in [3.8, 4) is 0 Å². The number of para-hydroxylation sites is 2. The van der Waals surface area contributed by atoms with Crippen molar-refractivity contribution in [3.63, 3.8) is 0 Å². The number of nitrogens with one attached hydrogen (secondary N) is 1. The maximum Gasteiger partial charge on any atom is 0.329 e. The number of amides is 1. The summed E-state index contributed by atoms with van der Waals surface area (Å²) >= 11 is 0. The van der Waals surface area contributed by atoms with E-state index in [0.717, 1.165) is 17.5 Å². The summed E-state index contributed by atoms with van der Waals surface area (Å²) in [7, 11) is 1.72. The van der Waals surface area contributed by atoms with Gasteiger partial charge in [-0.25, -0.2) is 4.79 Å². The predicted molar refractivity (Wildman–Crippen MR) is 105 cm³/mol. The molecule has 0 atom stereocenters. The molecule has 0 saturated carbocycles. The number of benzene rings is 2. The molecule has 1 amide bonds. The second kappa shape index (κ2) is 7.20. The zero-order valence-corrected chi connectivity index (χ0v) is 15.8. The maximum atomic E-state index is 12.4. The second-order valence-electron chi connectivity index (χ2n) is 6.89. The Kier molecular flexibility index (Phi) is 4.98. The average Bonchev–Trinajstić information content (AvgIpc) is 2.82. The van der Waals surface area contributed by atoms with Crippen molar-refractivity contribution in [1.82, 2.24) is 14.5 Å². The summed E-state index contributed by atoms with van der Waals surface area (Å²) < 4.78 is 3.09. The third kappa shape index (κ3) is 3.43. The van der Waals surface area contributed by atoms with Gasteiger partial charge in [0.15, 0.2) is 0 Å². The highest BCUT2D eigenvalue weighted by atomic mass is 16.2. The smallest absolute Gasteiger partial charge is 0.329 e. The lowest BCUT2D eigenvalue weighted by Gasteiger charge is -2.12. The van der Waals surface area contributed by atoms with Gasteiger partial charge in [-0.15, -0.1) is 0 Å². The summed E-state index contributed by atoms with van der Waals surface area (Å²) in [6, 6.07) is 11.8. The first-order valence-corrected chi connectivity index (χ1v) is 8.86. The van der Waals surface area contributed by atoms with Gasteiger partial charge >= 0.3 is 5.69 Å². The highest BCUT2D eigenvalue weighted by molar-refractivity contribution is 5.80. The van der Waals surface area contributed by atoms with Crippen molar-refractivity contribution in [2.45, 2.75) is 33.7 Å². The monoisotopic (exact) mass is 351 g/mol. The number of aryl methyl sites for hydroxylation is 4. The van der Waals surface area contributed by atoms with Crippen LogP contribution in [-0.4, -0.2) is 21.6 Å². The molecule has 2 aromatic carbocycles.